The van der Waals surface area contributed by atoms with Gasteiger partial charge in [0.15, 0.2) is 0 Å². The molecule has 21 heavy (non-hydrogen) atoms. The molecule has 1 heteroatoms. The van der Waals surface area contributed by atoms with Gasteiger partial charge >= 0.3 is 0 Å². The van der Waals surface area contributed by atoms with Crippen molar-refractivity contribution < 1.29 is 0 Å². The molecule has 0 heterocycles. The minimum absolute atomic E-state index is 0.868. The quantitative estimate of drug-likeness (QED) is 0.696. The Bertz CT molecular complexity index is 637. The number of fused-ring (bicyclic) bond motifs is 5. The molecule has 1 aromatic rings. The van der Waals surface area contributed by atoms with E-state index in [2.05, 4.69) is 63.6 Å². The zero-order chi connectivity index (χ0) is 14.6. The van der Waals surface area contributed by atoms with Gasteiger partial charge in [-0.05, 0) is 83.7 Å². The maximum absolute atomic E-state index is 2.44. The van der Waals surface area contributed by atoms with E-state index in [4.69, 9.17) is 0 Å². The normalized spacial score (nSPS) is 26.7. The van der Waals surface area contributed by atoms with Gasteiger partial charge in [-0.1, -0.05) is 12.2 Å². The second-order valence-electron chi connectivity index (χ2n) is 7.65. The summed E-state index contributed by atoms with van der Waals surface area (Å²) < 4.78 is 0.869. The van der Waals surface area contributed by atoms with Crippen LogP contribution in [0.5, 0.6) is 0 Å². The molecular formula is C20H24N+. The first-order valence-electron chi connectivity index (χ1n) is 8.08. The van der Waals surface area contributed by atoms with E-state index in [1.807, 2.05) is 0 Å². The fourth-order valence-corrected chi connectivity index (χ4v) is 4.11. The van der Waals surface area contributed by atoms with Gasteiger partial charge in [-0.2, -0.15) is 0 Å². The Hall–Kier alpha value is -1.60. The van der Waals surface area contributed by atoms with Crippen molar-refractivity contribution in [2.24, 2.45) is 11.8 Å². The van der Waals surface area contributed by atoms with E-state index in [-0.39, 0.29) is 0 Å². The van der Waals surface area contributed by atoms with E-state index in [0.29, 0.717) is 0 Å². The highest BCUT2D eigenvalue weighted by atomic mass is 15.3. The van der Waals surface area contributed by atoms with Crippen LogP contribution in [-0.2, 0) is 0 Å². The SMILES string of the molecule is C[N+](C)(C)c1ccc(C=C2C=C3C(=C2)C2CCC3C2)cc1. The van der Waals surface area contributed by atoms with Crippen LogP contribution in [0.15, 0.2) is 53.1 Å². The summed E-state index contributed by atoms with van der Waals surface area (Å²) in [5.41, 5.74) is 7.36. The van der Waals surface area contributed by atoms with Gasteiger partial charge in [-0.25, -0.2) is 0 Å². The lowest BCUT2D eigenvalue weighted by Crippen LogP contribution is -2.34. The predicted molar refractivity (Wildman–Crippen MR) is 91.0 cm³/mol. The standard InChI is InChI=1S/C20H24N/c1-21(2,3)18-8-4-14(5-9-18)10-15-11-19-16-6-7-17(13-16)20(19)12-15/h4-5,8-12,16-17H,6-7,13H2,1-3H3/q+1. The summed E-state index contributed by atoms with van der Waals surface area (Å²) in [6.07, 6.45) is 11.5. The molecule has 108 valence electrons. The summed E-state index contributed by atoms with van der Waals surface area (Å²) in [4.78, 5) is 0. The number of nitrogens with zero attached hydrogens (tertiary/aromatic N) is 1. The van der Waals surface area contributed by atoms with Crippen molar-refractivity contribution in [3.8, 4) is 0 Å². The molecule has 2 bridgehead atoms. The number of allylic oxidation sites excluding steroid dienone is 5. The summed E-state index contributed by atoms with van der Waals surface area (Å²) in [5.74, 6) is 1.74. The van der Waals surface area contributed by atoms with Crippen LogP contribution in [0.3, 0.4) is 0 Å². The maximum atomic E-state index is 2.44. The fraction of sp³-hybridized carbons (Fsp3) is 0.400. The fourth-order valence-electron chi connectivity index (χ4n) is 4.11. The van der Waals surface area contributed by atoms with Gasteiger partial charge < -0.3 is 0 Å². The number of benzene rings is 1. The third-order valence-corrected chi connectivity index (χ3v) is 5.29. The molecule has 0 aliphatic heterocycles. The van der Waals surface area contributed by atoms with Crippen molar-refractivity contribution in [3.05, 3.63) is 58.7 Å². The molecule has 2 fully saturated rings. The molecule has 0 N–H and O–H groups in total. The zero-order valence-electron chi connectivity index (χ0n) is 13.3. The van der Waals surface area contributed by atoms with Crippen LogP contribution in [-0.4, -0.2) is 21.1 Å². The molecule has 2 saturated carbocycles. The number of rotatable bonds is 2. The highest BCUT2D eigenvalue weighted by molar-refractivity contribution is 5.68. The van der Waals surface area contributed by atoms with E-state index in [0.717, 1.165) is 16.3 Å². The predicted octanol–water partition coefficient (Wildman–Crippen LogP) is 4.56. The van der Waals surface area contributed by atoms with E-state index in [9.17, 15) is 0 Å². The average Bonchev–Trinajstić information content (AvgIpc) is 3.09. The Morgan fingerprint density at radius 2 is 1.48 bits per heavy atom. The van der Waals surface area contributed by atoms with Gasteiger partial charge in [0, 0.05) is 0 Å². The summed E-state index contributed by atoms with van der Waals surface area (Å²) in [6, 6.07) is 8.97. The van der Waals surface area contributed by atoms with Crippen molar-refractivity contribution in [1.29, 1.82) is 0 Å². The molecule has 0 saturated heterocycles. The van der Waals surface area contributed by atoms with Crippen LogP contribution >= 0.6 is 0 Å². The smallest absolute Gasteiger partial charge is 0.132 e. The molecule has 1 nitrogen and oxygen atoms in total. The van der Waals surface area contributed by atoms with Crippen LogP contribution < -0.4 is 4.48 Å². The lowest BCUT2D eigenvalue weighted by Gasteiger charge is -2.23. The van der Waals surface area contributed by atoms with Gasteiger partial charge in [0.25, 0.3) is 0 Å². The Labute approximate surface area is 127 Å². The van der Waals surface area contributed by atoms with Gasteiger partial charge in [-0.3, -0.25) is 4.48 Å². The molecule has 0 amide bonds. The van der Waals surface area contributed by atoms with Crippen LogP contribution in [0.1, 0.15) is 24.8 Å². The summed E-state index contributed by atoms with van der Waals surface area (Å²) in [5, 5.41) is 0. The lowest BCUT2D eigenvalue weighted by molar-refractivity contribution is 0.486. The van der Waals surface area contributed by atoms with Crippen molar-refractivity contribution in [2.45, 2.75) is 19.3 Å². The second-order valence-corrected chi connectivity index (χ2v) is 7.65. The molecular weight excluding hydrogens is 254 g/mol. The van der Waals surface area contributed by atoms with Crippen LogP contribution in [0.2, 0.25) is 0 Å². The molecule has 0 aromatic heterocycles. The molecule has 0 spiro atoms. The third kappa shape index (κ3) is 2.20. The first-order valence-corrected chi connectivity index (χ1v) is 8.08. The summed E-state index contributed by atoms with van der Waals surface area (Å²) in [7, 11) is 6.61. The molecule has 2 unspecified atom stereocenters. The molecule has 3 aliphatic carbocycles. The Morgan fingerprint density at radius 3 is 2.00 bits per heavy atom. The highest BCUT2D eigenvalue weighted by Crippen LogP contribution is 2.54. The van der Waals surface area contributed by atoms with Crippen LogP contribution in [0, 0.1) is 11.8 Å². The van der Waals surface area contributed by atoms with Crippen molar-refractivity contribution >= 4 is 11.8 Å². The number of hydrogen-bond donors (Lipinski definition) is 0. The lowest BCUT2D eigenvalue weighted by atomic mass is 9.92. The summed E-state index contributed by atoms with van der Waals surface area (Å²) >= 11 is 0. The van der Waals surface area contributed by atoms with E-state index in [1.165, 1.54) is 36.1 Å². The van der Waals surface area contributed by atoms with Gasteiger partial charge in [-0.15, -0.1) is 0 Å². The van der Waals surface area contributed by atoms with Crippen molar-refractivity contribution in [1.82, 2.24) is 4.48 Å². The largest absolute Gasteiger partial charge is 0.298 e. The number of hydrogen-bond acceptors (Lipinski definition) is 0. The molecule has 2 atom stereocenters. The maximum Gasteiger partial charge on any atom is 0.132 e. The van der Waals surface area contributed by atoms with Gasteiger partial charge in [0.1, 0.15) is 5.69 Å². The van der Waals surface area contributed by atoms with Crippen molar-refractivity contribution in [3.63, 3.8) is 0 Å². The first kappa shape index (κ1) is 13.1. The number of quaternary nitrogens is 1. The van der Waals surface area contributed by atoms with Crippen LogP contribution in [0.4, 0.5) is 5.69 Å². The zero-order valence-corrected chi connectivity index (χ0v) is 13.3. The first-order chi connectivity index (χ1) is 10.0. The van der Waals surface area contributed by atoms with E-state index >= 15 is 0 Å². The minimum atomic E-state index is 0.868. The Balaban J connectivity index is 1.61. The topological polar surface area (TPSA) is 0 Å². The van der Waals surface area contributed by atoms with Gasteiger partial charge in [0.05, 0.1) is 21.1 Å². The molecule has 1 aromatic carbocycles. The average molecular weight is 278 g/mol. The monoisotopic (exact) mass is 278 g/mol. The molecule has 4 rings (SSSR count). The summed E-state index contributed by atoms with van der Waals surface area (Å²) in [6.45, 7) is 0. The molecule has 0 radical (unpaired) electrons. The molecule has 3 aliphatic rings. The Morgan fingerprint density at radius 1 is 0.905 bits per heavy atom. The minimum Gasteiger partial charge on any atom is -0.298 e. The van der Waals surface area contributed by atoms with E-state index in [1.54, 1.807) is 11.1 Å². The van der Waals surface area contributed by atoms with Gasteiger partial charge in [0.2, 0.25) is 0 Å². The Kier molecular flexibility index (Phi) is 2.77. The second kappa shape index (κ2) is 4.45. The van der Waals surface area contributed by atoms with Crippen molar-refractivity contribution in [2.75, 3.05) is 21.1 Å². The third-order valence-electron chi connectivity index (χ3n) is 5.29. The van der Waals surface area contributed by atoms with Crippen LogP contribution in [0.25, 0.3) is 6.08 Å². The van der Waals surface area contributed by atoms with E-state index < -0.39 is 0 Å². The highest BCUT2D eigenvalue weighted by Gasteiger charge is 2.41.